The standard InChI is InChI=1S/C11H21NO5S/c1-9(2)12-4-5-17-10(7-12)8-18(15,16)6-3-11(13)14/h9-10H,3-8H2,1-2H3,(H,13,14). The summed E-state index contributed by atoms with van der Waals surface area (Å²) in [6.45, 7) is 6.03. The van der Waals surface area contributed by atoms with Crippen molar-refractivity contribution in [2.24, 2.45) is 0 Å². The molecule has 0 aromatic heterocycles. The Bertz CT molecular complexity index is 379. The van der Waals surface area contributed by atoms with Crippen LogP contribution in [0.5, 0.6) is 0 Å². The molecule has 0 spiro atoms. The lowest BCUT2D eigenvalue weighted by molar-refractivity contribution is -0.136. The van der Waals surface area contributed by atoms with Crippen LogP contribution in [0.2, 0.25) is 0 Å². The van der Waals surface area contributed by atoms with E-state index in [0.717, 1.165) is 6.54 Å². The molecule has 1 rings (SSSR count). The number of nitrogens with zero attached hydrogens (tertiary/aromatic N) is 1. The maximum absolute atomic E-state index is 11.7. The topological polar surface area (TPSA) is 83.9 Å². The molecule has 1 atom stereocenters. The summed E-state index contributed by atoms with van der Waals surface area (Å²) in [5.74, 6) is -1.50. The number of morpholine rings is 1. The van der Waals surface area contributed by atoms with E-state index in [2.05, 4.69) is 18.7 Å². The molecule has 18 heavy (non-hydrogen) atoms. The minimum atomic E-state index is -3.36. The quantitative estimate of drug-likeness (QED) is 0.736. The van der Waals surface area contributed by atoms with Gasteiger partial charge < -0.3 is 9.84 Å². The SMILES string of the molecule is CC(C)N1CCOC(CS(=O)(=O)CCC(=O)O)C1. The first-order chi connectivity index (χ1) is 8.30. The molecule has 1 saturated heterocycles. The van der Waals surface area contributed by atoms with E-state index in [1.54, 1.807) is 0 Å². The van der Waals surface area contributed by atoms with Crippen LogP contribution in [0.1, 0.15) is 20.3 Å². The summed E-state index contributed by atoms with van der Waals surface area (Å²) in [5.41, 5.74) is 0. The van der Waals surface area contributed by atoms with Crippen LogP contribution in [-0.2, 0) is 19.4 Å². The number of hydrogen-bond acceptors (Lipinski definition) is 5. The van der Waals surface area contributed by atoms with Crippen LogP contribution in [0.25, 0.3) is 0 Å². The fraction of sp³-hybridized carbons (Fsp3) is 0.909. The summed E-state index contributed by atoms with van der Waals surface area (Å²) in [6.07, 6.45) is -0.692. The Morgan fingerprint density at radius 1 is 1.50 bits per heavy atom. The molecule has 0 aromatic carbocycles. The molecule has 6 nitrogen and oxygen atoms in total. The molecule has 0 aliphatic carbocycles. The molecule has 1 aliphatic heterocycles. The molecule has 1 aliphatic rings. The van der Waals surface area contributed by atoms with Crippen molar-refractivity contribution >= 4 is 15.8 Å². The lowest BCUT2D eigenvalue weighted by Crippen LogP contribution is -2.48. The Balaban J connectivity index is 2.48. The summed E-state index contributed by atoms with van der Waals surface area (Å²) >= 11 is 0. The van der Waals surface area contributed by atoms with Gasteiger partial charge in [-0.2, -0.15) is 0 Å². The Kier molecular flexibility index (Phi) is 5.55. The minimum absolute atomic E-state index is 0.0938. The average Bonchev–Trinajstić information content (AvgIpc) is 2.26. The van der Waals surface area contributed by atoms with Gasteiger partial charge in [0.2, 0.25) is 0 Å². The summed E-state index contributed by atoms with van der Waals surface area (Å²) in [7, 11) is -3.36. The molecule has 1 fully saturated rings. The highest BCUT2D eigenvalue weighted by molar-refractivity contribution is 7.91. The van der Waals surface area contributed by atoms with Crippen LogP contribution in [0.4, 0.5) is 0 Å². The third kappa shape index (κ3) is 5.32. The number of carbonyl (C=O) groups is 1. The van der Waals surface area contributed by atoms with Crippen molar-refractivity contribution < 1.29 is 23.1 Å². The van der Waals surface area contributed by atoms with Crippen LogP contribution >= 0.6 is 0 Å². The smallest absolute Gasteiger partial charge is 0.304 e. The molecule has 0 saturated carbocycles. The van der Waals surface area contributed by atoms with Crippen molar-refractivity contribution in [1.82, 2.24) is 4.90 Å². The Labute approximate surface area is 108 Å². The Morgan fingerprint density at radius 3 is 2.72 bits per heavy atom. The lowest BCUT2D eigenvalue weighted by atomic mass is 10.2. The van der Waals surface area contributed by atoms with Gasteiger partial charge in [-0.05, 0) is 13.8 Å². The first-order valence-corrected chi connectivity index (χ1v) is 7.90. The molecule has 0 amide bonds. The van der Waals surface area contributed by atoms with Gasteiger partial charge in [-0.1, -0.05) is 0 Å². The highest BCUT2D eigenvalue weighted by atomic mass is 32.2. The summed E-state index contributed by atoms with van der Waals surface area (Å²) < 4.78 is 28.9. The third-order valence-electron chi connectivity index (χ3n) is 2.97. The molecule has 0 radical (unpaired) electrons. The van der Waals surface area contributed by atoms with Gasteiger partial charge >= 0.3 is 5.97 Å². The largest absolute Gasteiger partial charge is 0.481 e. The van der Waals surface area contributed by atoms with Crippen molar-refractivity contribution in [3.05, 3.63) is 0 Å². The van der Waals surface area contributed by atoms with Crippen molar-refractivity contribution in [2.45, 2.75) is 32.4 Å². The highest BCUT2D eigenvalue weighted by Gasteiger charge is 2.27. The zero-order chi connectivity index (χ0) is 13.8. The van der Waals surface area contributed by atoms with Gasteiger partial charge in [0, 0.05) is 19.1 Å². The van der Waals surface area contributed by atoms with Gasteiger partial charge in [0.05, 0.1) is 30.6 Å². The van der Waals surface area contributed by atoms with E-state index >= 15 is 0 Å². The van der Waals surface area contributed by atoms with E-state index in [1.165, 1.54) is 0 Å². The predicted molar refractivity (Wildman–Crippen MR) is 67.4 cm³/mol. The minimum Gasteiger partial charge on any atom is -0.481 e. The van der Waals surface area contributed by atoms with Crippen molar-refractivity contribution in [1.29, 1.82) is 0 Å². The second-order valence-electron chi connectivity index (χ2n) is 4.84. The van der Waals surface area contributed by atoms with Gasteiger partial charge in [0.25, 0.3) is 0 Å². The number of aliphatic carboxylic acids is 1. The number of ether oxygens (including phenoxy) is 1. The van der Waals surface area contributed by atoms with Gasteiger partial charge in [-0.15, -0.1) is 0 Å². The third-order valence-corrected chi connectivity index (χ3v) is 4.67. The predicted octanol–water partition coefficient (Wildman–Crippen LogP) is -0.0149. The van der Waals surface area contributed by atoms with Crippen LogP contribution in [0.3, 0.4) is 0 Å². The number of hydrogen-bond donors (Lipinski definition) is 1. The molecule has 1 heterocycles. The molecular weight excluding hydrogens is 258 g/mol. The number of sulfone groups is 1. The van der Waals surface area contributed by atoms with Crippen LogP contribution in [-0.4, -0.2) is 67.7 Å². The van der Waals surface area contributed by atoms with Gasteiger partial charge in [-0.3, -0.25) is 9.69 Å². The summed E-state index contributed by atoms with van der Waals surface area (Å²) in [4.78, 5) is 12.5. The molecule has 106 valence electrons. The molecule has 0 aromatic rings. The van der Waals surface area contributed by atoms with Crippen molar-refractivity contribution in [3.63, 3.8) is 0 Å². The zero-order valence-electron chi connectivity index (χ0n) is 10.8. The van der Waals surface area contributed by atoms with Gasteiger partial charge in [0.15, 0.2) is 9.84 Å². The highest BCUT2D eigenvalue weighted by Crippen LogP contribution is 2.11. The fourth-order valence-electron chi connectivity index (χ4n) is 1.92. The lowest BCUT2D eigenvalue weighted by Gasteiger charge is -2.35. The normalized spacial score (nSPS) is 22.3. The molecule has 1 N–H and O–H groups in total. The second-order valence-corrected chi connectivity index (χ2v) is 7.07. The van der Waals surface area contributed by atoms with Gasteiger partial charge in [-0.25, -0.2) is 8.42 Å². The van der Waals surface area contributed by atoms with Crippen LogP contribution in [0.15, 0.2) is 0 Å². The first-order valence-electron chi connectivity index (χ1n) is 6.08. The van der Waals surface area contributed by atoms with E-state index in [0.29, 0.717) is 19.2 Å². The summed E-state index contributed by atoms with van der Waals surface area (Å²) in [6, 6.07) is 0.359. The van der Waals surface area contributed by atoms with E-state index in [9.17, 15) is 13.2 Å². The van der Waals surface area contributed by atoms with E-state index in [-0.39, 0.29) is 24.0 Å². The molecule has 7 heteroatoms. The molecule has 1 unspecified atom stereocenters. The van der Waals surface area contributed by atoms with E-state index < -0.39 is 15.8 Å². The monoisotopic (exact) mass is 279 g/mol. The first kappa shape index (κ1) is 15.4. The maximum atomic E-state index is 11.7. The number of carboxylic acid groups (broad SMARTS) is 1. The molecule has 0 bridgehead atoms. The summed E-state index contributed by atoms with van der Waals surface area (Å²) in [5, 5.41) is 8.49. The average molecular weight is 279 g/mol. The zero-order valence-corrected chi connectivity index (χ0v) is 11.6. The van der Waals surface area contributed by atoms with E-state index in [1.807, 2.05) is 0 Å². The number of carboxylic acids is 1. The Hall–Kier alpha value is -0.660. The van der Waals surface area contributed by atoms with E-state index in [4.69, 9.17) is 9.84 Å². The van der Waals surface area contributed by atoms with Gasteiger partial charge in [0.1, 0.15) is 0 Å². The van der Waals surface area contributed by atoms with Crippen LogP contribution < -0.4 is 0 Å². The number of rotatable bonds is 6. The fourth-order valence-corrected chi connectivity index (χ4v) is 3.34. The van der Waals surface area contributed by atoms with Crippen molar-refractivity contribution in [3.8, 4) is 0 Å². The van der Waals surface area contributed by atoms with Crippen LogP contribution in [0, 0.1) is 0 Å². The maximum Gasteiger partial charge on any atom is 0.304 e. The second kappa shape index (κ2) is 6.49. The Morgan fingerprint density at radius 2 is 2.17 bits per heavy atom. The molecular formula is C11H21NO5S. The van der Waals surface area contributed by atoms with Crippen molar-refractivity contribution in [2.75, 3.05) is 31.2 Å².